The number of fused-ring (bicyclic) bond motifs is 1. The Hall–Kier alpha value is -0.0400. The summed E-state index contributed by atoms with van der Waals surface area (Å²) in [5.41, 5.74) is 0.514. The molecule has 1 saturated heterocycles. The van der Waals surface area contributed by atoms with E-state index in [0.717, 1.165) is 18.0 Å². The van der Waals surface area contributed by atoms with Crippen LogP contribution in [-0.2, 0) is 0 Å². The minimum atomic E-state index is 0.514. The largest absolute Gasteiger partial charge is 0.297 e. The summed E-state index contributed by atoms with van der Waals surface area (Å²) >= 11 is 0. The molecule has 1 heterocycles. The molecule has 1 aliphatic carbocycles. The Balaban J connectivity index is 2.14. The van der Waals surface area contributed by atoms with E-state index in [4.69, 9.17) is 0 Å². The Bertz CT molecular complexity index is 221. The molecule has 0 bridgehead atoms. The van der Waals surface area contributed by atoms with Gasteiger partial charge < -0.3 is 0 Å². The van der Waals surface area contributed by atoms with Crippen LogP contribution in [0.1, 0.15) is 59.8 Å². The molecule has 2 rings (SSSR count). The van der Waals surface area contributed by atoms with Crippen LogP contribution in [0.4, 0.5) is 0 Å². The molecule has 3 unspecified atom stereocenters. The van der Waals surface area contributed by atoms with Crippen LogP contribution in [-0.4, -0.2) is 23.5 Å². The van der Waals surface area contributed by atoms with Crippen molar-refractivity contribution < 1.29 is 0 Å². The Morgan fingerprint density at radius 1 is 1.20 bits per heavy atom. The van der Waals surface area contributed by atoms with E-state index in [1.807, 2.05) is 0 Å². The van der Waals surface area contributed by atoms with Crippen molar-refractivity contribution in [1.29, 1.82) is 0 Å². The van der Waals surface area contributed by atoms with Crippen molar-refractivity contribution in [1.82, 2.24) is 4.90 Å². The molecule has 0 radical (unpaired) electrons. The van der Waals surface area contributed by atoms with E-state index >= 15 is 0 Å². The quantitative estimate of drug-likeness (QED) is 0.685. The van der Waals surface area contributed by atoms with Gasteiger partial charge >= 0.3 is 0 Å². The van der Waals surface area contributed by atoms with Crippen molar-refractivity contribution in [3.8, 4) is 0 Å². The van der Waals surface area contributed by atoms with E-state index in [9.17, 15) is 0 Å². The molecule has 0 amide bonds. The molecular formula is C14H27N. The maximum absolute atomic E-state index is 2.82. The van der Waals surface area contributed by atoms with Gasteiger partial charge in [-0.05, 0) is 43.6 Å². The van der Waals surface area contributed by atoms with Crippen LogP contribution in [0.2, 0.25) is 0 Å². The van der Waals surface area contributed by atoms with Crippen molar-refractivity contribution in [2.75, 3.05) is 6.54 Å². The summed E-state index contributed by atoms with van der Waals surface area (Å²) in [6, 6.07) is 1.79. The fourth-order valence-corrected chi connectivity index (χ4v) is 3.84. The molecule has 1 nitrogen and oxygen atoms in total. The lowest BCUT2D eigenvalue weighted by Gasteiger charge is -2.39. The molecule has 0 N–H and O–H groups in total. The van der Waals surface area contributed by atoms with Gasteiger partial charge in [0.2, 0.25) is 0 Å². The zero-order chi connectivity index (χ0) is 11.1. The monoisotopic (exact) mass is 209 g/mol. The standard InChI is InChI=1S/C14H27N/c1-5-14(3,4)13-10-11-8-7-9-12(11)15(13)6-2/h11-13H,5-10H2,1-4H3. The molecular weight excluding hydrogens is 182 g/mol. The van der Waals surface area contributed by atoms with Crippen molar-refractivity contribution in [3.05, 3.63) is 0 Å². The molecule has 3 atom stereocenters. The second-order valence-electron chi connectivity index (χ2n) is 6.18. The van der Waals surface area contributed by atoms with Gasteiger partial charge in [0.05, 0.1) is 0 Å². The van der Waals surface area contributed by atoms with Crippen LogP contribution in [0, 0.1) is 11.3 Å². The molecule has 0 aromatic carbocycles. The average molecular weight is 209 g/mol. The van der Waals surface area contributed by atoms with Crippen molar-refractivity contribution in [2.45, 2.75) is 71.9 Å². The van der Waals surface area contributed by atoms with E-state index in [2.05, 4.69) is 32.6 Å². The van der Waals surface area contributed by atoms with Gasteiger partial charge in [-0.2, -0.15) is 0 Å². The van der Waals surface area contributed by atoms with Crippen molar-refractivity contribution in [2.24, 2.45) is 11.3 Å². The highest BCUT2D eigenvalue weighted by molar-refractivity contribution is 5.01. The first-order valence-electron chi connectivity index (χ1n) is 6.86. The molecule has 2 aliphatic rings. The number of hydrogen-bond donors (Lipinski definition) is 0. The van der Waals surface area contributed by atoms with Gasteiger partial charge in [-0.25, -0.2) is 0 Å². The molecule has 2 fully saturated rings. The van der Waals surface area contributed by atoms with Crippen LogP contribution in [0.25, 0.3) is 0 Å². The Labute approximate surface area is 95.2 Å². The summed E-state index contributed by atoms with van der Waals surface area (Å²) < 4.78 is 0. The van der Waals surface area contributed by atoms with Gasteiger partial charge in [-0.3, -0.25) is 4.90 Å². The molecule has 15 heavy (non-hydrogen) atoms. The maximum Gasteiger partial charge on any atom is 0.0152 e. The predicted octanol–water partition coefficient (Wildman–Crippen LogP) is 3.69. The maximum atomic E-state index is 2.82. The SMILES string of the molecule is CCN1C2CCCC2CC1C(C)(C)CC. The summed E-state index contributed by atoms with van der Waals surface area (Å²) in [6.45, 7) is 10.9. The molecule has 0 aromatic heterocycles. The normalized spacial score (nSPS) is 37.2. The summed E-state index contributed by atoms with van der Waals surface area (Å²) in [7, 11) is 0. The van der Waals surface area contributed by atoms with Crippen LogP contribution in [0.15, 0.2) is 0 Å². The van der Waals surface area contributed by atoms with Gasteiger partial charge in [0.1, 0.15) is 0 Å². The minimum Gasteiger partial charge on any atom is -0.297 e. The number of likely N-dealkylation sites (tertiary alicyclic amines) is 1. The molecule has 1 heteroatoms. The van der Waals surface area contributed by atoms with Gasteiger partial charge in [0, 0.05) is 12.1 Å². The fraction of sp³-hybridized carbons (Fsp3) is 1.00. The summed E-state index contributed by atoms with van der Waals surface area (Å²) in [5.74, 6) is 1.03. The van der Waals surface area contributed by atoms with E-state index in [1.165, 1.54) is 38.6 Å². The fourth-order valence-electron chi connectivity index (χ4n) is 3.84. The number of nitrogens with zero attached hydrogens (tertiary/aromatic N) is 1. The van der Waals surface area contributed by atoms with Gasteiger partial charge in [0.15, 0.2) is 0 Å². The van der Waals surface area contributed by atoms with Gasteiger partial charge in [-0.15, -0.1) is 0 Å². The van der Waals surface area contributed by atoms with E-state index < -0.39 is 0 Å². The van der Waals surface area contributed by atoms with Crippen LogP contribution < -0.4 is 0 Å². The molecule has 1 aliphatic heterocycles. The smallest absolute Gasteiger partial charge is 0.0152 e. The van der Waals surface area contributed by atoms with E-state index in [0.29, 0.717) is 5.41 Å². The minimum absolute atomic E-state index is 0.514. The zero-order valence-corrected chi connectivity index (χ0v) is 10.9. The van der Waals surface area contributed by atoms with Crippen molar-refractivity contribution >= 4 is 0 Å². The van der Waals surface area contributed by atoms with Crippen LogP contribution in [0.3, 0.4) is 0 Å². The zero-order valence-electron chi connectivity index (χ0n) is 10.9. The Morgan fingerprint density at radius 3 is 2.53 bits per heavy atom. The first-order chi connectivity index (χ1) is 7.10. The molecule has 0 aromatic rings. The highest BCUT2D eigenvalue weighted by Gasteiger charge is 2.47. The second kappa shape index (κ2) is 4.08. The first-order valence-corrected chi connectivity index (χ1v) is 6.86. The third kappa shape index (κ3) is 1.84. The molecule has 1 saturated carbocycles. The topological polar surface area (TPSA) is 3.24 Å². The molecule has 88 valence electrons. The lowest BCUT2D eigenvalue weighted by atomic mass is 9.79. The summed E-state index contributed by atoms with van der Waals surface area (Å²) in [5, 5.41) is 0. The third-order valence-electron chi connectivity index (χ3n) is 5.15. The Morgan fingerprint density at radius 2 is 1.93 bits per heavy atom. The van der Waals surface area contributed by atoms with Crippen LogP contribution in [0.5, 0.6) is 0 Å². The highest BCUT2D eigenvalue weighted by Crippen LogP contribution is 2.47. The number of rotatable bonds is 3. The molecule has 0 spiro atoms. The van der Waals surface area contributed by atoms with Gasteiger partial charge in [0.25, 0.3) is 0 Å². The lowest BCUT2D eigenvalue weighted by molar-refractivity contribution is 0.0966. The average Bonchev–Trinajstić information content (AvgIpc) is 2.76. The number of hydrogen-bond acceptors (Lipinski definition) is 1. The summed E-state index contributed by atoms with van der Waals surface area (Å²) in [4.78, 5) is 2.82. The summed E-state index contributed by atoms with van der Waals surface area (Å²) in [6.07, 6.45) is 7.23. The van der Waals surface area contributed by atoms with E-state index in [-0.39, 0.29) is 0 Å². The third-order valence-corrected chi connectivity index (χ3v) is 5.15. The van der Waals surface area contributed by atoms with Gasteiger partial charge in [-0.1, -0.05) is 34.1 Å². The Kier molecular flexibility index (Phi) is 3.12. The second-order valence-corrected chi connectivity index (χ2v) is 6.18. The van der Waals surface area contributed by atoms with Crippen LogP contribution >= 0.6 is 0 Å². The van der Waals surface area contributed by atoms with E-state index in [1.54, 1.807) is 0 Å². The predicted molar refractivity (Wildman–Crippen MR) is 66.0 cm³/mol. The lowest BCUT2D eigenvalue weighted by Crippen LogP contribution is -2.43. The van der Waals surface area contributed by atoms with Crippen molar-refractivity contribution in [3.63, 3.8) is 0 Å². The first kappa shape index (κ1) is 11.4. The highest BCUT2D eigenvalue weighted by atomic mass is 15.2.